The van der Waals surface area contributed by atoms with Gasteiger partial charge in [-0.1, -0.05) is 29.8 Å². The van der Waals surface area contributed by atoms with Gasteiger partial charge < -0.3 is 5.32 Å². The third-order valence-corrected chi connectivity index (χ3v) is 4.81. The lowest BCUT2D eigenvalue weighted by Crippen LogP contribution is -2.09. The predicted octanol–water partition coefficient (Wildman–Crippen LogP) is 4.27. The summed E-state index contributed by atoms with van der Waals surface area (Å²) in [5.74, 6) is -0.234. The molecule has 7 heteroatoms. The van der Waals surface area contributed by atoms with E-state index in [1.54, 1.807) is 42.7 Å². The van der Waals surface area contributed by atoms with Crippen LogP contribution in [0.3, 0.4) is 0 Å². The van der Waals surface area contributed by atoms with Gasteiger partial charge in [-0.2, -0.15) is 0 Å². The van der Waals surface area contributed by atoms with Crippen molar-refractivity contribution < 1.29 is 9.72 Å². The number of nitro benzene ring substituents is 1. The lowest BCUT2D eigenvalue weighted by Gasteiger charge is -2.11. The van der Waals surface area contributed by atoms with Gasteiger partial charge in [-0.25, -0.2) is 0 Å². The number of nitrogens with one attached hydrogen (secondary N) is 1. The van der Waals surface area contributed by atoms with Crippen molar-refractivity contribution in [1.82, 2.24) is 0 Å². The molecule has 112 valence electrons. The van der Waals surface area contributed by atoms with E-state index in [2.05, 4.69) is 5.32 Å². The topological polar surface area (TPSA) is 72.2 Å². The standard InChI is InChI=1S/C15H11ClN2O3S/c1-22-14-12-11(17-15(14)19)7-6-9(13(12)18(20)21)8-4-2-3-5-10(8)16/h2-7,14H,1H3,(H,17,19). The Morgan fingerprint density at radius 2 is 1.95 bits per heavy atom. The number of benzene rings is 2. The predicted molar refractivity (Wildman–Crippen MR) is 88.4 cm³/mol. The fraction of sp³-hybridized carbons (Fsp3) is 0.133. The van der Waals surface area contributed by atoms with Crippen molar-refractivity contribution in [3.8, 4) is 11.1 Å². The monoisotopic (exact) mass is 334 g/mol. The molecule has 1 heterocycles. The first-order chi connectivity index (χ1) is 10.5. The van der Waals surface area contributed by atoms with Crippen molar-refractivity contribution in [1.29, 1.82) is 0 Å². The number of hydrogen-bond acceptors (Lipinski definition) is 4. The van der Waals surface area contributed by atoms with Crippen molar-refractivity contribution in [2.75, 3.05) is 11.6 Å². The maximum Gasteiger partial charge on any atom is 0.284 e. The van der Waals surface area contributed by atoms with E-state index >= 15 is 0 Å². The molecular weight excluding hydrogens is 324 g/mol. The van der Waals surface area contributed by atoms with Gasteiger partial charge in [0.05, 0.1) is 21.7 Å². The van der Waals surface area contributed by atoms with Crippen LogP contribution in [-0.2, 0) is 4.79 Å². The van der Waals surface area contributed by atoms with Crippen LogP contribution in [0.2, 0.25) is 5.02 Å². The molecule has 1 aliphatic rings. The molecule has 0 spiro atoms. The van der Waals surface area contributed by atoms with Crippen molar-refractivity contribution in [3.63, 3.8) is 0 Å². The number of hydrogen-bond donors (Lipinski definition) is 1. The van der Waals surface area contributed by atoms with Gasteiger partial charge in [-0.3, -0.25) is 14.9 Å². The Balaban J connectivity index is 2.31. The summed E-state index contributed by atoms with van der Waals surface area (Å²) >= 11 is 7.45. The fourth-order valence-electron chi connectivity index (χ4n) is 2.63. The van der Waals surface area contributed by atoms with Gasteiger partial charge in [0.15, 0.2) is 0 Å². The third kappa shape index (κ3) is 2.24. The highest BCUT2D eigenvalue weighted by Crippen LogP contribution is 2.48. The largest absolute Gasteiger partial charge is 0.324 e. The number of halogens is 1. The Hall–Kier alpha value is -2.05. The first kappa shape index (κ1) is 14.9. The number of thioether (sulfide) groups is 1. The van der Waals surface area contributed by atoms with E-state index in [0.717, 1.165) is 0 Å². The van der Waals surface area contributed by atoms with E-state index in [1.165, 1.54) is 11.8 Å². The molecule has 1 N–H and O–H groups in total. The van der Waals surface area contributed by atoms with Gasteiger partial charge in [0.1, 0.15) is 5.25 Å². The highest BCUT2D eigenvalue weighted by Gasteiger charge is 2.38. The number of nitrogens with zero attached hydrogens (tertiary/aromatic N) is 1. The van der Waals surface area contributed by atoms with Crippen LogP contribution in [0.1, 0.15) is 10.8 Å². The molecule has 0 radical (unpaired) electrons. The number of anilines is 1. The van der Waals surface area contributed by atoms with Crippen LogP contribution in [0.15, 0.2) is 36.4 Å². The summed E-state index contributed by atoms with van der Waals surface area (Å²) < 4.78 is 0. The quantitative estimate of drug-likeness (QED) is 0.672. The van der Waals surface area contributed by atoms with Gasteiger partial charge in [0, 0.05) is 10.6 Å². The van der Waals surface area contributed by atoms with Crippen molar-refractivity contribution >= 4 is 40.6 Å². The van der Waals surface area contributed by atoms with Crippen LogP contribution in [0.5, 0.6) is 0 Å². The smallest absolute Gasteiger partial charge is 0.284 e. The summed E-state index contributed by atoms with van der Waals surface area (Å²) in [6.45, 7) is 0. The van der Waals surface area contributed by atoms with Crippen molar-refractivity contribution in [2.24, 2.45) is 0 Å². The molecule has 0 aromatic heterocycles. The zero-order valence-corrected chi connectivity index (χ0v) is 13.1. The first-order valence-electron chi connectivity index (χ1n) is 6.44. The Morgan fingerprint density at radius 3 is 2.59 bits per heavy atom. The maximum absolute atomic E-state index is 12.0. The number of fused-ring (bicyclic) bond motifs is 1. The SMILES string of the molecule is CSC1C(=O)Nc2ccc(-c3ccccc3Cl)c([N+](=O)[O-])c21. The van der Waals surface area contributed by atoms with E-state index in [1.807, 2.05) is 0 Å². The average Bonchev–Trinajstić information content (AvgIpc) is 2.81. The summed E-state index contributed by atoms with van der Waals surface area (Å²) in [6.07, 6.45) is 1.76. The van der Waals surface area contributed by atoms with Crippen LogP contribution in [-0.4, -0.2) is 17.1 Å². The minimum atomic E-state index is -0.585. The van der Waals surface area contributed by atoms with Crippen LogP contribution in [0.4, 0.5) is 11.4 Å². The molecule has 1 amide bonds. The molecule has 0 fully saturated rings. The Morgan fingerprint density at radius 1 is 1.23 bits per heavy atom. The number of amides is 1. The van der Waals surface area contributed by atoms with Gasteiger partial charge >= 0.3 is 0 Å². The number of carbonyl (C=O) groups excluding carboxylic acids is 1. The second-order valence-electron chi connectivity index (χ2n) is 4.76. The second kappa shape index (κ2) is 5.62. The molecule has 22 heavy (non-hydrogen) atoms. The van der Waals surface area contributed by atoms with Gasteiger partial charge in [-0.05, 0) is 24.5 Å². The van der Waals surface area contributed by atoms with Crippen LogP contribution < -0.4 is 5.32 Å². The van der Waals surface area contributed by atoms with E-state index in [0.29, 0.717) is 27.4 Å². The zero-order chi connectivity index (χ0) is 15.9. The Kier molecular flexibility index (Phi) is 3.80. The normalized spacial score (nSPS) is 16.3. The lowest BCUT2D eigenvalue weighted by molar-refractivity contribution is -0.384. The van der Waals surface area contributed by atoms with E-state index in [-0.39, 0.29) is 11.6 Å². The second-order valence-corrected chi connectivity index (χ2v) is 6.11. The van der Waals surface area contributed by atoms with E-state index in [9.17, 15) is 14.9 Å². The molecule has 0 saturated heterocycles. The molecule has 0 saturated carbocycles. The molecule has 1 unspecified atom stereocenters. The first-order valence-corrected chi connectivity index (χ1v) is 8.11. The highest BCUT2D eigenvalue weighted by molar-refractivity contribution is 7.99. The van der Waals surface area contributed by atoms with E-state index < -0.39 is 10.2 Å². The third-order valence-electron chi connectivity index (χ3n) is 3.56. The zero-order valence-electron chi connectivity index (χ0n) is 11.5. The van der Waals surface area contributed by atoms with Crippen LogP contribution >= 0.6 is 23.4 Å². The van der Waals surface area contributed by atoms with Gasteiger partial charge in [-0.15, -0.1) is 11.8 Å². The fourth-order valence-corrected chi connectivity index (χ4v) is 3.62. The minimum absolute atomic E-state index is 0.0664. The average molecular weight is 335 g/mol. The molecule has 3 rings (SSSR count). The maximum atomic E-state index is 12.0. The van der Waals surface area contributed by atoms with Crippen molar-refractivity contribution in [3.05, 3.63) is 57.1 Å². The molecule has 1 aliphatic heterocycles. The Labute approximate surface area is 135 Å². The molecule has 2 aromatic rings. The summed E-state index contributed by atoms with van der Waals surface area (Å²) in [4.78, 5) is 23.2. The molecule has 0 aliphatic carbocycles. The number of rotatable bonds is 3. The minimum Gasteiger partial charge on any atom is -0.324 e. The lowest BCUT2D eigenvalue weighted by atomic mass is 9.98. The summed E-state index contributed by atoms with van der Waals surface area (Å²) in [7, 11) is 0. The highest BCUT2D eigenvalue weighted by atomic mass is 35.5. The molecule has 1 atom stereocenters. The molecule has 5 nitrogen and oxygen atoms in total. The summed E-state index contributed by atoms with van der Waals surface area (Å²) in [5.41, 5.74) is 1.85. The van der Waals surface area contributed by atoms with Crippen LogP contribution in [0.25, 0.3) is 11.1 Å². The molecule has 0 bridgehead atoms. The molecular formula is C15H11ClN2O3S. The van der Waals surface area contributed by atoms with Crippen LogP contribution in [0, 0.1) is 10.1 Å². The molecule has 2 aromatic carbocycles. The summed E-state index contributed by atoms with van der Waals surface area (Å²) in [6, 6.07) is 10.3. The number of carbonyl (C=O) groups is 1. The number of nitro groups is 1. The van der Waals surface area contributed by atoms with E-state index in [4.69, 9.17) is 11.6 Å². The van der Waals surface area contributed by atoms with Crippen molar-refractivity contribution in [2.45, 2.75) is 5.25 Å². The summed E-state index contributed by atoms with van der Waals surface area (Å²) in [5, 5.41) is 14.2. The van der Waals surface area contributed by atoms with Gasteiger partial charge in [0.2, 0.25) is 5.91 Å². The van der Waals surface area contributed by atoms with Gasteiger partial charge in [0.25, 0.3) is 5.69 Å². The Bertz CT molecular complexity index is 794.